The molecule has 3 aromatic rings. The third kappa shape index (κ3) is 4.31. The van der Waals surface area contributed by atoms with Gasteiger partial charge in [-0.1, -0.05) is 30.3 Å². The Morgan fingerprint density at radius 2 is 1.75 bits per heavy atom. The number of rotatable bonds is 4. The number of nitrogens with zero attached hydrogens (tertiary/aromatic N) is 3. The van der Waals surface area contributed by atoms with Crippen LogP contribution >= 0.6 is 23.1 Å². The van der Waals surface area contributed by atoms with Gasteiger partial charge >= 0.3 is 6.03 Å². The number of carbonyl (C=O) groups is 1. The van der Waals surface area contributed by atoms with Crippen molar-refractivity contribution in [1.82, 2.24) is 9.88 Å². The van der Waals surface area contributed by atoms with Crippen molar-refractivity contribution in [3.05, 3.63) is 60.0 Å². The van der Waals surface area contributed by atoms with Gasteiger partial charge in [-0.3, -0.25) is 0 Å². The first-order valence-corrected chi connectivity index (χ1v) is 11.3. The molecule has 1 aliphatic rings. The highest BCUT2D eigenvalue weighted by Crippen LogP contribution is 2.28. The Bertz CT molecular complexity index is 919. The maximum absolute atomic E-state index is 12.5. The Hall–Kier alpha value is -2.51. The number of piperazine rings is 1. The van der Waals surface area contributed by atoms with E-state index in [2.05, 4.69) is 27.7 Å². The van der Waals surface area contributed by atoms with E-state index in [0.29, 0.717) is 13.1 Å². The van der Waals surface area contributed by atoms with Gasteiger partial charge in [0.15, 0.2) is 5.13 Å². The zero-order valence-corrected chi connectivity index (χ0v) is 17.3. The van der Waals surface area contributed by atoms with Crippen molar-refractivity contribution in [2.75, 3.05) is 42.7 Å². The first-order valence-electron chi connectivity index (χ1n) is 9.19. The van der Waals surface area contributed by atoms with E-state index < -0.39 is 0 Å². The second-order valence-electron chi connectivity index (χ2n) is 6.51. The number of benzene rings is 2. The first-order chi connectivity index (χ1) is 13.7. The molecular formula is C21H22N4OS2. The minimum Gasteiger partial charge on any atom is -0.345 e. The summed E-state index contributed by atoms with van der Waals surface area (Å²) in [5.74, 6) is 0. The van der Waals surface area contributed by atoms with E-state index in [1.807, 2.05) is 53.6 Å². The fourth-order valence-corrected chi connectivity index (χ4v) is 4.43. The summed E-state index contributed by atoms with van der Waals surface area (Å²) in [5, 5.41) is 6.11. The second kappa shape index (κ2) is 8.67. The lowest BCUT2D eigenvalue weighted by Gasteiger charge is -2.34. The monoisotopic (exact) mass is 410 g/mol. The van der Waals surface area contributed by atoms with Crippen molar-refractivity contribution in [3.63, 3.8) is 0 Å². The molecule has 1 fully saturated rings. The van der Waals surface area contributed by atoms with E-state index in [9.17, 15) is 4.79 Å². The van der Waals surface area contributed by atoms with Crippen LogP contribution in [0.2, 0.25) is 0 Å². The van der Waals surface area contributed by atoms with Crippen LogP contribution in [0.25, 0.3) is 11.3 Å². The average molecular weight is 411 g/mol. The predicted molar refractivity (Wildman–Crippen MR) is 119 cm³/mol. The standard InChI is InChI=1S/C21H22N4OS2/c1-27-18-9-7-17(8-10-18)22-20(26)24-11-13-25(14-12-24)21-23-19(15-28-21)16-5-3-2-4-6-16/h2-10,15H,11-14H2,1H3,(H,22,26). The first kappa shape index (κ1) is 18.8. The normalized spacial score (nSPS) is 14.2. The second-order valence-corrected chi connectivity index (χ2v) is 8.23. The molecule has 1 saturated heterocycles. The molecular weight excluding hydrogens is 388 g/mol. The van der Waals surface area contributed by atoms with Crippen LogP contribution in [-0.4, -0.2) is 48.3 Å². The Morgan fingerprint density at radius 3 is 2.43 bits per heavy atom. The molecule has 2 amide bonds. The van der Waals surface area contributed by atoms with Gasteiger partial charge < -0.3 is 15.1 Å². The molecule has 0 spiro atoms. The molecule has 0 atom stereocenters. The maximum atomic E-state index is 12.5. The summed E-state index contributed by atoms with van der Waals surface area (Å²) in [6, 6.07) is 18.1. The molecule has 144 valence electrons. The number of carbonyl (C=O) groups excluding carboxylic acids is 1. The van der Waals surface area contributed by atoms with E-state index in [-0.39, 0.29) is 6.03 Å². The van der Waals surface area contributed by atoms with Gasteiger partial charge in [0.25, 0.3) is 0 Å². The van der Waals surface area contributed by atoms with Crippen LogP contribution in [0, 0.1) is 0 Å². The highest BCUT2D eigenvalue weighted by molar-refractivity contribution is 7.98. The zero-order valence-electron chi connectivity index (χ0n) is 15.7. The lowest BCUT2D eigenvalue weighted by molar-refractivity contribution is 0.208. The fraction of sp³-hybridized carbons (Fsp3) is 0.238. The van der Waals surface area contributed by atoms with Crippen LogP contribution in [0.5, 0.6) is 0 Å². The van der Waals surface area contributed by atoms with Gasteiger partial charge in [0.2, 0.25) is 0 Å². The smallest absolute Gasteiger partial charge is 0.321 e. The van der Waals surface area contributed by atoms with Crippen molar-refractivity contribution in [2.24, 2.45) is 0 Å². The zero-order chi connectivity index (χ0) is 19.3. The van der Waals surface area contributed by atoms with Crippen LogP contribution in [0.15, 0.2) is 64.9 Å². The van der Waals surface area contributed by atoms with Crippen molar-refractivity contribution < 1.29 is 4.79 Å². The van der Waals surface area contributed by atoms with Gasteiger partial charge in [-0.25, -0.2) is 9.78 Å². The molecule has 0 bridgehead atoms. The van der Waals surface area contributed by atoms with E-state index in [4.69, 9.17) is 4.98 Å². The van der Waals surface area contributed by atoms with E-state index in [1.54, 1.807) is 23.1 Å². The summed E-state index contributed by atoms with van der Waals surface area (Å²) in [4.78, 5) is 22.6. The van der Waals surface area contributed by atoms with Crippen LogP contribution in [0.1, 0.15) is 0 Å². The molecule has 0 radical (unpaired) electrons. The number of urea groups is 1. The third-order valence-corrected chi connectivity index (χ3v) is 6.39. The Kier molecular flexibility index (Phi) is 5.83. The quantitative estimate of drug-likeness (QED) is 0.623. The van der Waals surface area contributed by atoms with Crippen molar-refractivity contribution in [3.8, 4) is 11.3 Å². The number of anilines is 2. The van der Waals surface area contributed by atoms with Gasteiger partial charge in [-0.05, 0) is 30.5 Å². The summed E-state index contributed by atoms with van der Waals surface area (Å²) in [5.41, 5.74) is 2.97. The minimum absolute atomic E-state index is 0.0411. The van der Waals surface area contributed by atoms with Crippen LogP contribution in [0.3, 0.4) is 0 Å². The predicted octanol–water partition coefficient (Wildman–Crippen LogP) is 4.89. The molecule has 5 nitrogen and oxygen atoms in total. The highest BCUT2D eigenvalue weighted by Gasteiger charge is 2.23. The Morgan fingerprint density at radius 1 is 1.04 bits per heavy atom. The maximum Gasteiger partial charge on any atom is 0.321 e. The number of aromatic nitrogens is 1. The van der Waals surface area contributed by atoms with Crippen molar-refractivity contribution >= 4 is 39.9 Å². The van der Waals surface area contributed by atoms with Gasteiger partial charge in [-0.2, -0.15) is 0 Å². The van der Waals surface area contributed by atoms with Gasteiger partial charge in [0, 0.05) is 47.7 Å². The number of hydrogen-bond acceptors (Lipinski definition) is 5. The number of thiazole rings is 1. The lowest BCUT2D eigenvalue weighted by atomic mass is 10.2. The third-order valence-electron chi connectivity index (χ3n) is 4.74. The average Bonchev–Trinajstić information content (AvgIpc) is 3.25. The van der Waals surface area contributed by atoms with Gasteiger partial charge in [-0.15, -0.1) is 23.1 Å². The molecule has 0 unspecified atom stereocenters. The summed E-state index contributed by atoms with van der Waals surface area (Å²) < 4.78 is 0. The van der Waals surface area contributed by atoms with E-state index >= 15 is 0 Å². The molecule has 28 heavy (non-hydrogen) atoms. The molecule has 7 heteroatoms. The fourth-order valence-electron chi connectivity index (χ4n) is 3.13. The van der Waals surface area contributed by atoms with Crippen LogP contribution < -0.4 is 10.2 Å². The summed E-state index contributed by atoms with van der Waals surface area (Å²) in [7, 11) is 0. The minimum atomic E-state index is -0.0411. The summed E-state index contributed by atoms with van der Waals surface area (Å²) in [6.07, 6.45) is 2.04. The molecule has 2 aromatic carbocycles. The summed E-state index contributed by atoms with van der Waals surface area (Å²) >= 11 is 3.35. The molecule has 1 aliphatic heterocycles. The van der Waals surface area contributed by atoms with Crippen molar-refractivity contribution in [1.29, 1.82) is 0 Å². The molecule has 4 rings (SSSR count). The topological polar surface area (TPSA) is 48.5 Å². The number of amides is 2. The SMILES string of the molecule is CSc1ccc(NC(=O)N2CCN(c3nc(-c4ccccc4)cs3)CC2)cc1. The molecule has 1 aromatic heterocycles. The summed E-state index contributed by atoms with van der Waals surface area (Å²) in [6.45, 7) is 2.96. The Labute approximate surface area is 173 Å². The molecule has 1 N–H and O–H groups in total. The van der Waals surface area contributed by atoms with Gasteiger partial charge in [0.1, 0.15) is 0 Å². The van der Waals surface area contributed by atoms with E-state index in [0.717, 1.165) is 35.2 Å². The molecule has 0 saturated carbocycles. The number of nitrogens with one attached hydrogen (secondary N) is 1. The Balaban J connectivity index is 1.33. The highest BCUT2D eigenvalue weighted by atomic mass is 32.2. The van der Waals surface area contributed by atoms with E-state index in [1.165, 1.54) is 4.90 Å². The largest absolute Gasteiger partial charge is 0.345 e. The van der Waals surface area contributed by atoms with Crippen LogP contribution in [-0.2, 0) is 0 Å². The lowest BCUT2D eigenvalue weighted by Crippen LogP contribution is -2.50. The molecule has 2 heterocycles. The van der Waals surface area contributed by atoms with Crippen molar-refractivity contribution in [2.45, 2.75) is 4.90 Å². The molecule has 0 aliphatic carbocycles. The number of hydrogen-bond donors (Lipinski definition) is 1. The van der Waals surface area contributed by atoms with Gasteiger partial charge in [0.05, 0.1) is 5.69 Å². The number of thioether (sulfide) groups is 1. The van der Waals surface area contributed by atoms with Crippen LogP contribution in [0.4, 0.5) is 15.6 Å².